The van der Waals surface area contributed by atoms with E-state index in [4.69, 9.17) is 42.6 Å². The third-order valence-electron chi connectivity index (χ3n) is 13.7. The van der Waals surface area contributed by atoms with Gasteiger partial charge in [-0.15, -0.1) is 18.3 Å². The van der Waals surface area contributed by atoms with E-state index in [1.165, 1.54) is 41.1 Å². The lowest BCUT2D eigenvalue weighted by Gasteiger charge is -2.61. The van der Waals surface area contributed by atoms with E-state index in [9.17, 15) is 10.1 Å². The van der Waals surface area contributed by atoms with Crippen LogP contribution in [-0.2, 0) is 44.4 Å². The lowest BCUT2D eigenvalue weighted by Crippen LogP contribution is -2.71. The Hall–Kier alpha value is -5.27. The topological polar surface area (TPSA) is 130 Å². The Labute approximate surface area is 379 Å². The number of esters is 1. The van der Waals surface area contributed by atoms with Crippen molar-refractivity contribution in [3.05, 3.63) is 129 Å². The van der Waals surface area contributed by atoms with Gasteiger partial charge >= 0.3 is 5.97 Å². The number of thioether (sulfide) groups is 1. The molecule has 64 heavy (non-hydrogen) atoms. The van der Waals surface area contributed by atoms with Crippen LogP contribution in [0.2, 0.25) is 0 Å². The molecule has 0 spiro atoms. The second kappa shape index (κ2) is 18.7. The van der Waals surface area contributed by atoms with E-state index in [2.05, 4.69) is 84.1 Å². The van der Waals surface area contributed by atoms with Gasteiger partial charge in [-0.1, -0.05) is 60.7 Å². The average molecular weight is 890 g/mol. The van der Waals surface area contributed by atoms with Gasteiger partial charge in [0.25, 0.3) is 0 Å². The lowest BCUT2D eigenvalue weighted by atomic mass is 9.66. The molecular weight excluding hydrogens is 835 g/mol. The molecule has 0 amide bonds. The Balaban J connectivity index is 1.09. The summed E-state index contributed by atoms with van der Waals surface area (Å²) >= 11 is 1.49. The van der Waals surface area contributed by atoms with Crippen molar-refractivity contribution in [2.24, 2.45) is 5.92 Å². The van der Waals surface area contributed by atoms with E-state index in [0.29, 0.717) is 48.2 Å². The van der Waals surface area contributed by atoms with Crippen molar-refractivity contribution in [1.82, 2.24) is 9.80 Å². The minimum absolute atomic E-state index is 0.0286. The van der Waals surface area contributed by atoms with Crippen molar-refractivity contribution < 1.29 is 47.4 Å². The second-order valence-corrected chi connectivity index (χ2v) is 17.8. The SMILES string of the molecule is C=CCOC1C(C)=C2OCOC2=C2C1CC1[C@H]3c4c(cc(C)c(OC)c4OCOC)C[C@@H]([C@H](C#N)N1[C@H]2COC(=O)C(=CSCC1c2ccccc2-c2ccccc21)OCOC)N3C. The first-order valence-corrected chi connectivity index (χ1v) is 22.7. The van der Waals surface area contributed by atoms with Gasteiger partial charge in [-0.2, -0.15) is 5.26 Å². The molecule has 7 atom stereocenters. The van der Waals surface area contributed by atoms with Gasteiger partial charge in [-0.3, -0.25) is 9.80 Å². The van der Waals surface area contributed by atoms with E-state index in [-0.39, 0.29) is 62.7 Å². The molecular formula is C50H55N3O10S. The maximum atomic E-state index is 14.4. The van der Waals surface area contributed by atoms with Crippen molar-refractivity contribution in [3.8, 4) is 28.7 Å². The van der Waals surface area contributed by atoms with Gasteiger partial charge in [0.05, 0.1) is 38.0 Å². The summed E-state index contributed by atoms with van der Waals surface area (Å²) in [5.41, 5.74) is 9.80. The maximum absolute atomic E-state index is 14.4. The van der Waals surface area contributed by atoms with Crippen molar-refractivity contribution in [3.63, 3.8) is 0 Å². The fraction of sp³-hybridized carbons (Fsp3) is 0.440. The number of nitriles is 1. The molecule has 6 aliphatic rings. The van der Waals surface area contributed by atoms with Crippen LogP contribution in [0.4, 0.5) is 0 Å². The highest BCUT2D eigenvalue weighted by Gasteiger charge is 2.60. The fourth-order valence-corrected chi connectivity index (χ4v) is 12.2. The lowest BCUT2D eigenvalue weighted by molar-refractivity contribution is -0.151. The summed E-state index contributed by atoms with van der Waals surface area (Å²) in [6.45, 7) is 8.10. The zero-order valence-electron chi connectivity index (χ0n) is 37.2. The summed E-state index contributed by atoms with van der Waals surface area (Å²) in [4.78, 5) is 19.0. The fourth-order valence-electron chi connectivity index (χ4n) is 11.2. The summed E-state index contributed by atoms with van der Waals surface area (Å²) in [6.07, 6.45) is 2.51. The van der Waals surface area contributed by atoms with Crippen molar-refractivity contribution in [1.29, 1.82) is 5.26 Å². The zero-order chi connectivity index (χ0) is 44.6. The molecule has 3 fully saturated rings. The van der Waals surface area contributed by atoms with Gasteiger partial charge in [0.1, 0.15) is 12.6 Å². The Bertz CT molecular complexity index is 2400. The predicted octanol–water partition coefficient (Wildman–Crippen LogP) is 7.52. The first-order chi connectivity index (χ1) is 31.3. The molecule has 336 valence electrons. The van der Waals surface area contributed by atoms with Crippen molar-refractivity contribution >= 4 is 17.7 Å². The maximum Gasteiger partial charge on any atom is 0.374 e. The number of rotatable bonds is 16. The van der Waals surface area contributed by atoms with E-state index >= 15 is 0 Å². The largest absolute Gasteiger partial charge is 0.493 e. The number of aryl methyl sites for hydroxylation is 1. The van der Waals surface area contributed by atoms with Gasteiger partial charge < -0.3 is 42.6 Å². The number of hydrogen-bond acceptors (Lipinski definition) is 14. The smallest absolute Gasteiger partial charge is 0.374 e. The molecule has 4 heterocycles. The Morgan fingerprint density at radius 3 is 2.38 bits per heavy atom. The van der Waals surface area contributed by atoms with Gasteiger partial charge in [0.15, 0.2) is 36.6 Å². The highest BCUT2D eigenvalue weighted by atomic mass is 32.2. The summed E-state index contributed by atoms with van der Waals surface area (Å²) < 4.78 is 54.5. The molecule has 3 aromatic carbocycles. The van der Waals surface area contributed by atoms with Gasteiger partial charge in [-0.05, 0) is 67.1 Å². The van der Waals surface area contributed by atoms with Crippen LogP contribution in [0.5, 0.6) is 11.5 Å². The summed E-state index contributed by atoms with van der Waals surface area (Å²) in [6, 6.07) is 19.9. The molecule has 14 heteroatoms. The summed E-state index contributed by atoms with van der Waals surface area (Å²) in [7, 11) is 6.84. The van der Waals surface area contributed by atoms with Crippen LogP contribution in [0.25, 0.3) is 11.1 Å². The minimum atomic E-state index is -0.643. The minimum Gasteiger partial charge on any atom is -0.493 e. The van der Waals surface area contributed by atoms with Gasteiger partial charge in [-0.25, -0.2) is 4.79 Å². The number of carbonyl (C=O) groups is 1. The highest BCUT2D eigenvalue weighted by Crippen LogP contribution is 2.57. The Morgan fingerprint density at radius 1 is 0.969 bits per heavy atom. The highest BCUT2D eigenvalue weighted by molar-refractivity contribution is 8.02. The summed E-state index contributed by atoms with van der Waals surface area (Å²) in [5.74, 6) is 2.46. The standard InChI is InChI=1S/C50H55N3O10S/c1-8-17-58-46-29(3)47-49(63-27-62-47)43-35(46)20-38-44-42-30(18-28(2)45(57-7)48(42)61-26-56-6)19-37(52(44)4)39(21-51)53(38)40(43)22-59-50(54)41(60-25-55-5)24-64-23-36-33-15-11-9-13-31(33)32-14-10-12-16-34(32)36/h8-16,18,24,35-40,44,46H,1,17,19-20,22-23,25-27H2,2-7H3/t35?,37-,38?,39-,40-,44-,46?/m0/s1. The van der Waals surface area contributed by atoms with Crippen LogP contribution in [0.15, 0.2) is 101 Å². The average Bonchev–Trinajstić information content (AvgIpc) is 3.92. The normalized spacial score (nSPS) is 25.7. The number of nitrogens with zero attached hydrogens (tertiary/aromatic N) is 3. The molecule has 0 N–H and O–H groups in total. The molecule has 3 unspecified atom stereocenters. The molecule has 3 aromatic rings. The van der Waals surface area contributed by atoms with Crippen molar-refractivity contribution in [2.75, 3.05) is 67.7 Å². The second-order valence-electron chi connectivity index (χ2n) is 16.9. The molecule has 0 radical (unpaired) electrons. The quantitative estimate of drug-likeness (QED) is 0.0462. The summed E-state index contributed by atoms with van der Waals surface area (Å²) in [5, 5.41) is 13.0. The van der Waals surface area contributed by atoms with Gasteiger partial charge in [0.2, 0.25) is 12.6 Å². The molecule has 13 nitrogen and oxygen atoms in total. The number of piperazine rings is 1. The Morgan fingerprint density at radius 2 is 1.69 bits per heavy atom. The number of fused-ring (bicyclic) bond motifs is 11. The predicted molar refractivity (Wildman–Crippen MR) is 240 cm³/mol. The van der Waals surface area contributed by atoms with E-state index < -0.39 is 24.2 Å². The molecule has 0 saturated carbocycles. The molecule has 3 saturated heterocycles. The molecule has 9 rings (SSSR count). The third kappa shape index (κ3) is 7.46. The first kappa shape index (κ1) is 44.0. The number of piperidine rings is 1. The number of benzene rings is 3. The number of methoxy groups -OCH3 is 3. The van der Waals surface area contributed by atoms with Crippen LogP contribution in [0.3, 0.4) is 0 Å². The van der Waals surface area contributed by atoms with E-state index in [0.717, 1.165) is 27.8 Å². The van der Waals surface area contributed by atoms with Crippen LogP contribution in [0.1, 0.15) is 53.1 Å². The molecule has 4 aliphatic heterocycles. The Kier molecular flexibility index (Phi) is 12.8. The van der Waals surface area contributed by atoms with Crippen LogP contribution >= 0.6 is 11.8 Å². The van der Waals surface area contributed by atoms with E-state index in [1.54, 1.807) is 25.7 Å². The molecule has 2 bridgehead atoms. The van der Waals surface area contributed by atoms with E-state index in [1.807, 2.05) is 13.8 Å². The number of ether oxygens (including phenoxy) is 9. The van der Waals surface area contributed by atoms with Crippen LogP contribution in [-0.4, -0.2) is 114 Å². The molecule has 2 aliphatic carbocycles. The number of likely N-dealkylation sites (N-methyl/N-ethyl adjacent to an activating group) is 1. The number of hydrogen-bond donors (Lipinski definition) is 0. The molecule has 0 aromatic heterocycles. The van der Waals surface area contributed by atoms with Crippen molar-refractivity contribution in [2.45, 2.75) is 68.9 Å². The third-order valence-corrected chi connectivity index (χ3v) is 14.6. The monoisotopic (exact) mass is 889 g/mol. The van der Waals surface area contributed by atoms with Crippen LogP contribution in [0, 0.1) is 24.2 Å². The zero-order valence-corrected chi connectivity index (χ0v) is 38.0. The first-order valence-electron chi connectivity index (χ1n) is 21.7. The van der Waals surface area contributed by atoms with Crippen LogP contribution < -0.4 is 9.47 Å². The number of carbonyl (C=O) groups excluding carboxylic acids is 1. The van der Waals surface area contributed by atoms with Gasteiger partial charge in [0, 0.05) is 66.0 Å².